The molecular weight excluding hydrogens is 201 g/mol. The maximum absolute atomic E-state index is 11.7. The Morgan fingerprint density at radius 2 is 2.15 bits per heavy atom. The van der Waals surface area contributed by atoms with Crippen LogP contribution in [0.25, 0.3) is 0 Å². The second-order valence-electron chi connectivity index (χ2n) is 2.30. The Morgan fingerprint density at radius 3 is 2.69 bits per heavy atom. The Balaban J connectivity index is 2.60. The lowest BCUT2D eigenvalue weighted by molar-refractivity contribution is -0.153. The summed E-state index contributed by atoms with van der Waals surface area (Å²) < 4.78 is 39.6. The van der Waals surface area contributed by atoms with Crippen LogP contribution in [0.15, 0.2) is 23.1 Å². The highest BCUT2D eigenvalue weighted by Crippen LogP contribution is 2.23. The molecule has 0 atom stereocenters. The van der Waals surface area contributed by atoms with Gasteiger partial charge in [-0.1, -0.05) is 6.07 Å². The lowest BCUT2D eigenvalue weighted by Crippen LogP contribution is -2.19. The Kier molecular flexibility index (Phi) is 3.08. The van der Waals surface area contributed by atoms with Gasteiger partial charge in [0.05, 0.1) is 0 Å². The van der Waals surface area contributed by atoms with E-state index in [-0.39, 0.29) is 5.75 Å². The topological polar surface area (TPSA) is 9.23 Å². The highest BCUT2D eigenvalue weighted by molar-refractivity contribution is 7.80. The van der Waals surface area contributed by atoms with Gasteiger partial charge in [0.1, 0.15) is 5.75 Å². The smallest absolute Gasteiger partial charge is 0.422 e. The summed E-state index contributed by atoms with van der Waals surface area (Å²) in [6.07, 6.45) is -4.32. The highest BCUT2D eigenvalue weighted by atomic mass is 32.1. The van der Waals surface area contributed by atoms with Gasteiger partial charge in [-0.25, -0.2) is 0 Å². The van der Waals surface area contributed by atoms with Crippen LogP contribution >= 0.6 is 12.6 Å². The Morgan fingerprint density at radius 1 is 1.46 bits per heavy atom. The van der Waals surface area contributed by atoms with Crippen molar-refractivity contribution in [3.63, 3.8) is 0 Å². The van der Waals surface area contributed by atoms with Crippen LogP contribution in [0.2, 0.25) is 0 Å². The first-order valence-electron chi connectivity index (χ1n) is 3.37. The van der Waals surface area contributed by atoms with E-state index >= 15 is 0 Å². The first-order chi connectivity index (χ1) is 5.99. The van der Waals surface area contributed by atoms with Crippen molar-refractivity contribution >= 4 is 12.6 Å². The maximum Gasteiger partial charge on any atom is 0.422 e. The van der Waals surface area contributed by atoms with Gasteiger partial charge in [0.2, 0.25) is 0 Å². The van der Waals surface area contributed by atoms with Gasteiger partial charge in [0, 0.05) is 4.90 Å². The van der Waals surface area contributed by atoms with E-state index in [0.717, 1.165) is 0 Å². The number of hydrogen-bond acceptors (Lipinski definition) is 2. The highest BCUT2D eigenvalue weighted by Gasteiger charge is 2.28. The van der Waals surface area contributed by atoms with Gasteiger partial charge in [0.25, 0.3) is 0 Å². The lowest BCUT2D eigenvalue weighted by Gasteiger charge is -2.09. The van der Waals surface area contributed by atoms with Crippen molar-refractivity contribution in [1.29, 1.82) is 0 Å². The van der Waals surface area contributed by atoms with Crippen LogP contribution in [0.3, 0.4) is 0 Å². The maximum atomic E-state index is 11.7. The summed E-state index contributed by atoms with van der Waals surface area (Å²) in [4.78, 5) is 0.364. The van der Waals surface area contributed by atoms with Crippen LogP contribution in [0.1, 0.15) is 0 Å². The summed E-state index contributed by atoms with van der Waals surface area (Å²) >= 11 is 3.92. The third-order valence-corrected chi connectivity index (χ3v) is 1.57. The number of hydrogen-bond donors (Lipinski definition) is 1. The molecule has 1 aromatic rings. The minimum Gasteiger partial charge on any atom is -0.483 e. The Hall–Kier alpha value is -0.840. The van der Waals surface area contributed by atoms with Gasteiger partial charge in [-0.3, -0.25) is 0 Å². The van der Waals surface area contributed by atoms with Crippen LogP contribution < -0.4 is 4.74 Å². The molecule has 0 heterocycles. The fourth-order valence-electron chi connectivity index (χ4n) is 0.682. The minimum absolute atomic E-state index is 0.0863. The second-order valence-corrected chi connectivity index (χ2v) is 2.78. The molecule has 1 radical (unpaired) electrons. The van der Waals surface area contributed by atoms with E-state index in [1.807, 2.05) is 0 Å². The summed E-state index contributed by atoms with van der Waals surface area (Å²) in [5.41, 5.74) is 0. The molecule has 71 valence electrons. The largest absolute Gasteiger partial charge is 0.483 e. The van der Waals surface area contributed by atoms with Crippen molar-refractivity contribution < 1.29 is 17.9 Å². The van der Waals surface area contributed by atoms with E-state index in [9.17, 15) is 13.2 Å². The van der Waals surface area contributed by atoms with Crippen LogP contribution in [-0.2, 0) is 0 Å². The van der Waals surface area contributed by atoms with Crippen LogP contribution in [-0.4, -0.2) is 12.8 Å². The molecule has 0 aliphatic carbocycles. The molecule has 1 aromatic carbocycles. The second kappa shape index (κ2) is 3.91. The van der Waals surface area contributed by atoms with Crippen molar-refractivity contribution in [2.24, 2.45) is 0 Å². The SMILES string of the molecule is FC(F)(F)COc1c[c]ccc1S. The first kappa shape index (κ1) is 10.2. The van der Waals surface area contributed by atoms with Gasteiger partial charge < -0.3 is 4.74 Å². The van der Waals surface area contributed by atoms with Crippen molar-refractivity contribution in [3.8, 4) is 5.75 Å². The molecule has 0 aliphatic rings. The first-order valence-corrected chi connectivity index (χ1v) is 3.82. The summed E-state index contributed by atoms with van der Waals surface area (Å²) in [5, 5.41) is 0. The minimum atomic E-state index is -4.32. The zero-order valence-electron chi connectivity index (χ0n) is 6.43. The number of thiol groups is 1. The summed E-state index contributed by atoms with van der Waals surface area (Å²) in [6.45, 7) is -1.31. The Labute approximate surface area is 78.9 Å². The fraction of sp³-hybridized carbons (Fsp3) is 0.250. The molecule has 0 saturated carbocycles. The predicted octanol–water partition coefficient (Wildman–Crippen LogP) is 2.72. The van der Waals surface area contributed by atoms with Crippen molar-refractivity contribution in [2.75, 3.05) is 6.61 Å². The van der Waals surface area contributed by atoms with E-state index in [1.54, 1.807) is 6.07 Å². The lowest BCUT2D eigenvalue weighted by atomic mass is 10.3. The summed E-state index contributed by atoms with van der Waals surface area (Å²) in [6, 6.07) is 6.96. The molecule has 0 aromatic heterocycles. The van der Waals surface area contributed by atoms with Gasteiger partial charge >= 0.3 is 6.18 Å². The third kappa shape index (κ3) is 3.59. The van der Waals surface area contributed by atoms with Crippen LogP contribution in [0, 0.1) is 6.07 Å². The van der Waals surface area contributed by atoms with Gasteiger partial charge in [-0.15, -0.1) is 12.6 Å². The monoisotopic (exact) mass is 207 g/mol. The molecule has 0 N–H and O–H groups in total. The quantitative estimate of drug-likeness (QED) is 0.733. The van der Waals surface area contributed by atoms with Crippen LogP contribution in [0.5, 0.6) is 5.75 Å². The summed E-state index contributed by atoms with van der Waals surface area (Å²) in [7, 11) is 0. The molecule has 13 heavy (non-hydrogen) atoms. The molecule has 0 aliphatic heterocycles. The zero-order chi connectivity index (χ0) is 9.90. The van der Waals surface area contributed by atoms with Gasteiger partial charge in [-0.05, 0) is 18.2 Å². The normalized spacial score (nSPS) is 11.4. The average Bonchev–Trinajstić information content (AvgIpc) is 2.01. The van der Waals surface area contributed by atoms with Crippen molar-refractivity contribution in [1.82, 2.24) is 0 Å². The van der Waals surface area contributed by atoms with E-state index in [1.165, 1.54) is 12.1 Å². The molecule has 0 unspecified atom stereocenters. The molecule has 0 bridgehead atoms. The predicted molar refractivity (Wildman–Crippen MR) is 44.1 cm³/mol. The standard InChI is InChI=1S/C8H6F3OS/c9-8(10,11)5-12-6-3-1-2-4-7(6)13/h2-4,13H,5H2. The number of halogens is 3. The fourth-order valence-corrected chi connectivity index (χ4v) is 0.886. The van der Waals surface area contributed by atoms with Gasteiger partial charge in [-0.2, -0.15) is 13.2 Å². The Bertz CT molecular complexity index is 285. The molecule has 1 nitrogen and oxygen atoms in total. The van der Waals surface area contributed by atoms with Crippen molar-refractivity contribution in [3.05, 3.63) is 24.3 Å². The summed E-state index contributed by atoms with van der Waals surface area (Å²) in [5.74, 6) is 0.0863. The molecule has 0 saturated heterocycles. The number of benzene rings is 1. The molecule has 0 fully saturated rings. The third-order valence-electron chi connectivity index (χ3n) is 1.20. The van der Waals surface area contributed by atoms with E-state index in [0.29, 0.717) is 4.90 Å². The van der Waals surface area contributed by atoms with E-state index in [2.05, 4.69) is 23.4 Å². The molecular formula is C8H6F3OS. The number of rotatable bonds is 2. The van der Waals surface area contributed by atoms with Crippen molar-refractivity contribution in [2.45, 2.75) is 11.1 Å². The molecule has 0 spiro atoms. The number of alkyl halides is 3. The van der Waals surface area contributed by atoms with Crippen LogP contribution in [0.4, 0.5) is 13.2 Å². The van der Waals surface area contributed by atoms with Gasteiger partial charge in [0.15, 0.2) is 6.61 Å². The molecule has 0 amide bonds. The zero-order valence-corrected chi connectivity index (χ0v) is 7.32. The van der Waals surface area contributed by atoms with E-state index < -0.39 is 12.8 Å². The molecule has 1 rings (SSSR count). The number of ether oxygens (including phenoxy) is 1. The average molecular weight is 207 g/mol. The van der Waals surface area contributed by atoms with E-state index in [4.69, 9.17) is 0 Å². The molecule has 5 heteroatoms.